The van der Waals surface area contributed by atoms with E-state index in [1.54, 1.807) is 0 Å². The van der Waals surface area contributed by atoms with Gasteiger partial charge in [-0.15, -0.1) is 0 Å². The number of rotatable bonds is 4. The Balaban J connectivity index is 2.27. The van der Waals surface area contributed by atoms with Gasteiger partial charge in [-0.3, -0.25) is 0 Å². The summed E-state index contributed by atoms with van der Waals surface area (Å²) in [5, 5.41) is 0. The van der Waals surface area contributed by atoms with Crippen LogP contribution in [-0.4, -0.2) is 31.1 Å². The van der Waals surface area contributed by atoms with Crippen molar-refractivity contribution >= 4 is 0 Å². The summed E-state index contributed by atoms with van der Waals surface area (Å²) in [6, 6.07) is 0.389. The minimum absolute atomic E-state index is 0.379. The molecule has 90 valence electrons. The fourth-order valence-electron chi connectivity index (χ4n) is 2.77. The van der Waals surface area contributed by atoms with Crippen molar-refractivity contribution in [3.05, 3.63) is 0 Å². The molecule has 1 aliphatic rings. The zero-order valence-corrected chi connectivity index (χ0v) is 10.9. The van der Waals surface area contributed by atoms with Gasteiger partial charge in [0.2, 0.25) is 0 Å². The average molecular weight is 212 g/mol. The average Bonchev–Trinajstić information content (AvgIpc) is 2.50. The Morgan fingerprint density at radius 3 is 2.27 bits per heavy atom. The molecule has 0 aliphatic heterocycles. The molecule has 1 fully saturated rings. The van der Waals surface area contributed by atoms with E-state index in [-0.39, 0.29) is 0 Å². The summed E-state index contributed by atoms with van der Waals surface area (Å²) in [5.74, 6) is 0.785. The van der Waals surface area contributed by atoms with Gasteiger partial charge in [-0.05, 0) is 31.2 Å². The molecule has 0 radical (unpaired) electrons. The first kappa shape index (κ1) is 13.0. The summed E-state index contributed by atoms with van der Waals surface area (Å²) in [6.45, 7) is 9.04. The molecule has 2 heteroatoms. The monoisotopic (exact) mass is 212 g/mol. The fourth-order valence-corrected chi connectivity index (χ4v) is 2.77. The molecule has 0 spiro atoms. The van der Waals surface area contributed by atoms with E-state index < -0.39 is 0 Å². The highest BCUT2D eigenvalue weighted by atomic mass is 15.1. The molecule has 0 saturated heterocycles. The first-order chi connectivity index (χ1) is 6.88. The largest absolute Gasteiger partial charge is 0.326 e. The molecular weight excluding hydrogens is 184 g/mol. The van der Waals surface area contributed by atoms with Crippen molar-refractivity contribution in [3.63, 3.8) is 0 Å². The van der Waals surface area contributed by atoms with Crippen LogP contribution in [0.25, 0.3) is 0 Å². The van der Waals surface area contributed by atoms with E-state index in [2.05, 4.69) is 32.7 Å². The van der Waals surface area contributed by atoms with Gasteiger partial charge < -0.3 is 10.6 Å². The lowest BCUT2D eigenvalue weighted by Crippen LogP contribution is -2.42. The lowest BCUT2D eigenvalue weighted by molar-refractivity contribution is 0.200. The molecule has 0 amide bonds. The highest BCUT2D eigenvalue weighted by molar-refractivity contribution is 4.80. The molecule has 1 atom stereocenters. The van der Waals surface area contributed by atoms with Crippen molar-refractivity contribution in [2.75, 3.05) is 20.1 Å². The van der Waals surface area contributed by atoms with Crippen LogP contribution in [-0.2, 0) is 0 Å². The van der Waals surface area contributed by atoms with Gasteiger partial charge in [0.05, 0.1) is 0 Å². The van der Waals surface area contributed by atoms with E-state index in [4.69, 9.17) is 5.73 Å². The molecular formula is C13H28N2. The third-order valence-electron chi connectivity index (χ3n) is 3.27. The van der Waals surface area contributed by atoms with Crippen molar-refractivity contribution in [1.29, 1.82) is 0 Å². The van der Waals surface area contributed by atoms with E-state index in [0.29, 0.717) is 11.5 Å². The summed E-state index contributed by atoms with van der Waals surface area (Å²) >= 11 is 0. The molecule has 1 saturated carbocycles. The molecule has 0 aromatic carbocycles. The molecule has 0 bridgehead atoms. The van der Waals surface area contributed by atoms with Crippen molar-refractivity contribution < 1.29 is 0 Å². The van der Waals surface area contributed by atoms with Crippen LogP contribution in [0.15, 0.2) is 0 Å². The molecule has 0 aromatic heterocycles. The first-order valence-electron chi connectivity index (χ1n) is 6.32. The van der Waals surface area contributed by atoms with Gasteiger partial charge in [0.25, 0.3) is 0 Å². The second-order valence-electron chi connectivity index (χ2n) is 6.47. The second-order valence-corrected chi connectivity index (χ2v) is 6.47. The normalized spacial score (nSPS) is 21.2. The summed E-state index contributed by atoms with van der Waals surface area (Å²) in [4.78, 5) is 2.39. The fraction of sp³-hybridized carbons (Fsp3) is 1.00. The van der Waals surface area contributed by atoms with Crippen molar-refractivity contribution in [1.82, 2.24) is 4.90 Å². The Hall–Kier alpha value is -0.0800. The molecule has 15 heavy (non-hydrogen) atoms. The Morgan fingerprint density at radius 2 is 1.80 bits per heavy atom. The molecule has 2 nitrogen and oxygen atoms in total. The summed E-state index contributed by atoms with van der Waals surface area (Å²) in [6.07, 6.45) is 5.48. The zero-order valence-electron chi connectivity index (χ0n) is 10.9. The topological polar surface area (TPSA) is 29.3 Å². The Bertz CT molecular complexity index is 177. The number of nitrogens with two attached hydrogens (primary N) is 1. The molecule has 0 aromatic rings. The third kappa shape index (κ3) is 4.98. The Labute approximate surface area is 95.2 Å². The van der Waals surface area contributed by atoms with Gasteiger partial charge in [-0.25, -0.2) is 0 Å². The van der Waals surface area contributed by atoms with Gasteiger partial charge in [0.1, 0.15) is 0 Å². The maximum absolute atomic E-state index is 6.26. The van der Waals surface area contributed by atoms with E-state index in [0.717, 1.165) is 19.0 Å². The predicted octanol–water partition coefficient (Wildman–Crippen LogP) is 2.48. The van der Waals surface area contributed by atoms with Crippen LogP contribution in [0.1, 0.15) is 46.5 Å². The number of hydrogen-bond donors (Lipinski definition) is 1. The predicted molar refractivity (Wildman–Crippen MR) is 66.9 cm³/mol. The standard InChI is InChI=1S/C13H28N2/c1-13(2,3)10-15(4)9-12(14)11-7-5-6-8-11/h11-12H,5-10,14H2,1-4H3. The number of likely N-dealkylation sites (N-methyl/N-ethyl adjacent to an activating group) is 1. The van der Waals surface area contributed by atoms with E-state index in [1.807, 2.05) is 0 Å². The lowest BCUT2D eigenvalue weighted by Gasteiger charge is -2.30. The maximum atomic E-state index is 6.26. The number of nitrogens with zero attached hydrogens (tertiary/aromatic N) is 1. The lowest BCUT2D eigenvalue weighted by atomic mass is 9.94. The van der Waals surface area contributed by atoms with Crippen LogP contribution < -0.4 is 5.73 Å². The molecule has 1 rings (SSSR count). The molecule has 2 N–H and O–H groups in total. The van der Waals surface area contributed by atoms with Crippen LogP contribution in [0.2, 0.25) is 0 Å². The summed E-state index contributed by atoms with van der Waals surface area (Å²) in [5.41, 5.74) is 6.64. The molecule has 0 heterocycles. The highest BCUT2D eigenvalue weighted by Gasteiger charge is 2.24. The SMILES string of the molecule is CN(CC(N)C1CCCC1)CC(C)(C)C. The van der Waals surface area contributed by atoms with Gasteiger partial charge in [-0.1, -0.05) is 33.6 Å². The molecule has 1 unspecified atom stereocenters. The van der Waals surface area contributed by atoms with Gasteiger partial charge in [0.15, 0.2) is 0 Å². The Morgan fingerprint density at radius 1 is 1.27 bits per heavy atom. The minimum Gasteiger partial charge on any atom is -0.326 e. The van der Waals surface area contributed by atoms with Crippen LogP contribution >= 0.6 is 0 Å². The highest BCUT2D eigenvalue weighted by Crippen LogP contribution is 2.27. The van der Waals surface area contributed by atoms with Gasteiger partial charge in [-0.2, -0.15) is 0 Å². The first-order valence-corrected chi connectivity index (χ1v) is 6.32. The third-order valence-corrected chi connectivity index (χ3v) is 3.27. The second kappa shape index (κ2) is 5.31. The van der Waals surface area contributed by atoms with Crippen molar-refractivity contribution in [2.45, 2.75) is 52.5 Å². The molecule has 1 aliphatic carbocycles. The smallest absolute Gasteiger partial charge is 0.0196 e. The van der Waals surface area contributed by atoms with Crippen molar-refractivity contribution in [3.8, 4) is 0 Å². The van der Waals surface area contributed by atoms with Gasteiger partial charge in [0, 0.05) is 19.1 Å². The van der Waals surface area contributed by atoms with Crippen molar-refractivity contribution in [2.24, 2.45) is 17.1 Å². The van der Waals surface area contributed by atoms with Crippen LogP contribution in [0.5, 0.6) is 0 Å². The quantitative estimate of drug-likeness (QED) is 0.776. The van der Waals surface area contributed by atoms with E-state index >= 15 is 0 Å². The summed E-state index contributed by atoms with van der Waals surface area (Å²) in [7, 11) is 2.19. The van der Waals surface area contributed by atoms with Crippen LogP contribution in [0, 0.1) is 11.3 Å². The van der Waals surface area contributed by atoms with E-state index in [1.165, 1.54) is 25.7 Å². The zero-order chi connectivity index (χ0) is 11.5. The Kier molecular flexibility index (Phi) is 4.60. The van der Waals surface area contributed by atoms with Crippen LogP contribution in [0.3, 0.4) is 0 Å². The maximum Gasteiger partial charge on any atom is 0.0196 e. The van der Waals surface area contributed by atoms with Crippen LogP contribution in [0.4, 0.5) is 0 Å². The van der Waals surface area contributed by atoms with Gasteiger partial charge >= 0.3 is 0 Å². The minimum atomic E-state index is 0.379. The number of hydrogen-bond acceptors (Lipinski definition) is 2. The summed E-state index contributed by atoms with van der Waals surface area (Å²) < 4.78 is 0. The van der Waals surface area contributed by atoms with E-state index in [9.17, 15) is 0 Å².